The van der Waals surface area contributed by atoms with Crippen LogP contribution in [0.3, 0.4) is 0 Å². The lowest BCUT2D eigenvalue weighted by Gasteiger charge is -2.33. The molecule has 10 heteroatoms. The molecule has 1 aliphatic heterocycles. The number of amides is 1. The number of anilines is 1. The van der Waals surface area contributed by atoms with E-state index in [4.69, 9.17) is 0 Å². The molecule has 3 heterocycles. The first-order chi connectivity index (χ1) is 19.1. The number of fused-ring (bicyclic) bond motifs is 1. The summed E-state index contributed by atoms with van der Waals surface area (Å²) in [6.45, 7) is 7.07. The van der Waals surface area contributed by atoms with Gasteiger partial charge in [-0.1, -0.05) is 24.1 Å². The van der Waals surface area contributed by atoms with Gasteiger partial charge in [-0.3, -0.25) is 14.1 Å². The van der Waals surface area contributed by atoms with Crippen molar-refractivity contribution < 1.29 is 18.0 Å². The summed E-state index contributed by atoms with van der Waals surface area (Å²) < 4.78 is 43.7. The Morgan fingerprint density at radius 3 is 2.50 bits per heavy atom. The zero-order valence-corrected chi connectivity index (χ0v) is 22.5. The minimum atomic E-state index is -4.54. The number of carbonyl (C=O) groups excluding carboxylic acids is 1. The predicted molar refractivity (Wildman–Crippen MR) is 147 cm³/mol. The van der Waals surface area contributed by atoms with Crippen LogP contribution < -0.4 is 5.32 Å². The third-order valence-corrected chi connectivity index (χ3v) is 7.02. The Morgan fingerprint density at radius 1 is 0.975 bits per heavy atom. The Morgan fingerprint density at radius 2 is 1.75 bits per heavy atom. The first-order valence-corrected chi connectivity index (χ1v) is 12.9. The van der Waals surface area contributed by atoms with Crippen LogP contribution in [-0.4, -0.2) is 63.5 Å². The van der Waals surface area contributed by atoms with E-state index in [-0.39, 0.29) is 23.4 Å². The topological polar surface area (TPSA) is 65.8 Å². The van der Waals surface area contributed by atoms with Gasteiger partial charge in [0.2, 0.25) is 5.82 Å². The van der Waals surface area contributed by atoms with Crippen molar-refractivity contribution >= 4 is 17.2 Å². The maximum atomic E-state index is 14.0. The zero-order chi connectivity index (χ0) is 28.4. The van der Waals surface area contributed by atoms with Crippen LogP contribution in [0, 0.1) is 25.7 Å². The Hall–Kier alpha value is -4.20. The van der Waals surface area contributed by atoms with Gasteiger partial charge in [-0.2, -0.15) is 13.2 Å². The number of piperazine rings is 1. The standard InChI is InChI=1S/C30H29F3N6O/c1-20-4-10-27-35-36-28(39(27)18-20)11-8-22-16-23(6-5-21(22)2)29(40)34-25-9-7-24(26(17-25)30(31,32)33)19-38-14-12-37(3)13-15-38/h4-7,9-10,16-18H,12-15,19H2,1-3H3,(H,34,40). The molecule has 1 N–H and O–H groups in total. The van der Waals surface area contributed by atoms with Gasteiger partial charge in [-0.15, -0.1) is 10.2 Å². The molecular weight excluding hydrogens is 517 g/mol. The average molecular weight is 547 g/mol. The number of rotatable bonds is 4. The SMILES string of the molecule is Cc1ccc2nnc(C#Cc3cc(C(=O)Nc4ccc(CN5CCN(C)CC5)c(C(F)(F)F)c4)ccc3C)n2c1. The molecule has 0 radical (unpaired) electrons. The van der Waals surface area contributed by atoms with Gasteiger partial charge in [0, 0.05) is 55.7 Å². The molecule has 0 atom stereocenters. The van der Waals surface area contributed by atoms with Gasteiger partial charge in [-0.05, 0) is 73.8 Å². The van der Waals surface area contributed by atoms with Crippen LogP contribution in [0.2, 0.25) is 0 Å². The van der Waals surface area contributed by atoms with Gasteiger partial charge in [0.1, 0.15) is 0 Å². The summed E-state index contributed by atoms with van der Waals surface area (Å²) in [4.78, 5) is 17.2. The lowest BCUT2D eigenvalue weighted by molar-refractivity contribution is -0.138. The molecule has 0 spiro atoms. The Balaban J connectivity index is 1.35. The van der Waals surface area contributed by atoms with E-state index in [1.807, 2.05) is 44.1 Å². The second-order valence-electron chi connectivity index (χ2n) is 10.1. The highest BCUT2D eigenvalue weighted by atomic mass is 19.4. The summed E-state index contributed by atoms with van der Waals surface area (Å²) in [7, 11) is 2.00. The number of pyridine rings is 1. The molecule has 1 amide bonds. The van der Waals surface area contributed by atoms with E-state index in [1.165, 1.54) is 12.1 Å². The normalized spacial score (nSPS) is 14.7. The molecule has 2 aromatic heterocycles. The fraction of sp³-hybridized carbons (Fsp3) is 0.300. The molecule has 0 saturated carbocycles. The van der Waals surface area contributed by atoms with Crippen LogP contribution >= 0.6 is 0 Å². The molecule has 1 fully saturated rings. The van der Waals surface area contributed by atoms with E-state index < -0.39 is 17.6 Å². The van der Waals surface area contributed by atoms with Crippen LogP contribution in [0.15, 0.2) is 54.7 Å². The lowest BCUT2D eigenvalue weighted by Crippen LogP contribution is -2.44. The highest BCUT2D eigenvalue weighted by Gasteiger charge is 2.34. The van der Waals surface area contributed by atoms with Crippen molar-refractivity contribution in [2.24, 2.45) is 0 Å². The van der Waals surface area contributed by atoms with E-state index in [2.05, 4.69) is 32.3 Å². The van der Waals surface area contributed by atoms with Crippen LogP contribution in [-0.2, 0) is 12.7 Å². The van der Waals surface area contributed by atoms with Gasteiger partial charge in [0.25, 0.3) is 5.91 Å². The van der Waals surface area contributed by atoms with Crippen LogP contribution in [0.1, 0.15) is 44.0 Å². The van der Waals surface area contributed by atoms with Gasteiger partial charge in [-0.25, -0.2) is 0 Å². The minimum absolute atomic E-state index is 0.0814. The summed E-state index contributed by atoms with van der Waals surface area (Å²) in [5.41, 5.74) is 2.98. The fourth-order valence-electron chi connectivity index (χ4n) is 4.61. The minimum Gasteiger partial charge on any atom is -0.322 e. The molecule has 0 aliphatic carbocycles. The maximum Gasteiger partial charge on any atom is 0.416 e. The first-order valence-electron chi connectivity index (χ1n) is 12.9. The summed E-state index contributed by atoms with van der Waals surface area (Å²) in [6.07, 6.45) is -2.65. The molecule has 4 aromatic rings. The zero-order valence-electron chi connectivity index (χ0n) is 22.5. The number of carbonyl (C=O) groups is 1. The summed E-state index contributed by atoms with van der Waals surface area (Å²) in [5, 5.41) is 10.9. The summed E-state index contributed by atoms with van der Waals surface area (Å²) in [5.74, 6) is 6.00. The fourth-order valence-corrected chi connectivity index (χ4v) is 4.61. The van der Waals surface area contributed by atoms with Crippen molar-refractivity contribution in [1.82, 2.24) is 24.4 Å². The number of nitrogens with one attached hydrogen (secondary N) is 1. The Labute approximate surface area is 230 Å². The third kappa shape index (κ3) is 6.17. The largest absolute Gasteiger partial charge is 0.416 e. The Kier molecular flexibility index (Phi) is 7.61. The quantitative estimate of drug-likeness (QED) is 0.374. The predicted octanol–water partition coefficient (Wildman–Crippen LogP) is 4.76. The van der Waals surface area contributed by atoms with Gasteiger partial charge in [0.15, 0.2) is 5.65 Å². The summed E-state index contributed by atoms with van der Waals surface area (Å²) in [6, 6.07) is 12.8. The number of hydrogen-bond donors (Lipinski definition) is 1. The molecular formula is C30H29F3N6O. The highest BCUT2D eigenvalue weighted by Crippen LogP contribution is 2.34. The Bertz CT molecular complexity index is 1620. The molecule has 2 aromatic carbocycles. The van der Waals surface area contributed by atoms with E-state index in [0.717, 1.165) is 30.3 Å². The van der Waals surface area contributed by atoms with E-state index in [0.29, 0.717) is 30.1 Å². The molecule has 206 valence electrons. The second kappa shape index (κ2) is 11.1. The van der Waals surface area contributed by atoms with Gasteiger partial charge >= 0.3 is 6.18 Å². The molecule has 1 saturated heterocycles. The van der Waals surface area contributed by atoms with E-state index >= 15 is 0 Å². The molecule has 0 unspecified atom stereocenters. The average Bonchev–Trinajstić information content (AvgIpc) is 3.31. The number of hydrogen-bond acceptors (Lipinski definition) is 5. The van der Waals surface area contributed by atoms with Crippen LogP contribution in [0.4, 0.5) is 18.9 Å². The number of benzene rings is 2. The lowest BCUT2D eigenvalue weighted by atomic mass is 10.0. The van der Waals surface area contributed by atoms with Crippen molar-refractivity contribution in [2.45, 2.75) is 26.6 Å². The number of nitrogens with zero attached hydrogens (tertiary/aromatic N) is 5. The first kappa shape index (κ1) is 27.4. The number of likely N-dealkylation sites (N-methyl/N-ethyl adjacent to an activating group) is 1. The number of halogens is 3. The van der Waals surface area contributed by atoms with Crippen LogP contribution in [0.5, 0.6) is 0 Å². The monoisotopic (exact) mass is 546 g/mol. The highest BCUT2D eigenvalue weighted by molar-refractivity contribution is 6.04. The van der Waals surface area contributed by atoms with Crippen molar-refractivity contribution in [3.8, 4) is 11.8 Å². The number of aromatic nitrogens is 3. The number of aryl methyl sites for hydroxylation is 2. The van der Waals surface area contributed by atoms with Crippen molar-refractivity contribution in [1.29, 1.82) is 0 Å². The number of alkyl halides is 3. The third-order valence-electron chi connectivity index (χ3n) is 7.02. The van der Waals surface area contributed by atoms with E-state index in [1.54, 1.807) is 22.6 Å². The summed E-state index contributed by atoms with van der Waals surface area (Å²) >= 11 is 0. The molecule has 0 bridgehead atoms. The van der Waals surface area contributed by atoms with Crippen molar-refractivity contribution in [3.05, 3.63) is 93.9 Å². The molecule has 5 rings (SSSR count). The molecule has 1 aliphatic rings. The maximum absolute atomic E-state index is 14.0. The molecule has 7 nitrogen and oxygen atoms in total. The van der Waals surface area contributed by atoms with Gasteiger partial charge in [0.05, 0.1) is 5.56 Å². The van der Waals surface area contributed by atoms with Crippen LogP contribution in [0.25, 0.3) is 5.65 Å². The van der Waals surface area contributed by atoms with Crippen molar-refractivity contribution in [2.75, 3.05) is 38.5 Å². The molecule has 40 heavy (non-hydrogen) atoms. The van der Waals surface area contributed by atoms with E-state index in [9.17, 15) is 18.0 Å². The smallest absolute Gasteiger partial charge is 0.322 e. The second-order valence-corrected chi connectivity index (χ2v) is 10.1. The van der Waals surface area contributed by atoms with Gasteiger partial charge < -0.3 is 10.2 Å². The van der Waals surface area contributed by atoms with Crippen molar-refractivity contribution in [3.63, 3.8) is 0 Å².